The van der Waals surface area contributed by atoms with Crippen molar-refractivity contribution in [2.45, 2.75) is 29.9 Å². The lowest BCUT2D eigenvalue weighted by Gasteiger charge is -2.32. The lowest BCUT2D eigenvalue weighted by Crippen LogP contribution is -2.42. The van der Waals surface area contributed by atoms with Crippen molar-refractivity contribution in [2.75, 3.05) is 13.1 Å². The van der Waals surface area contributed by atoms with Crippen molar-refractivity contribution in [3.63, 3.8) is 0 Å². The molecule has 2 heterocycles. The molecule has 0 saturated carbocycles. The summed E-state index contributed by atoms with van der Waals surface area (Å²) in [5.41, 5.74) is 2.28. The molecule has 144 valence electrons. The fourth-order valence-corrected chi connectivity index (χ4v) is 5.47. The summed E-state index contributed by atoms with van der Waals surface area (Å²) in [6, 6.07) is 16.3. The number of benzene rings is 2. The van der Waals surface area contributed by atoms with Crippen molar-refractivity contribution in [1.82, 2.24) is 9.88 Å². The zero-order chi connectivity index (χ0) is 19.7. The summed E-state index contributed by atoms with van der Waals surface area (Å²) >= 11 is 0. The number of aryl methyl sites for hydroxylation is 1. The summed E-state index contributed by atoms with van der Waals surface area (Å²) in [5, 5.41) is 0.468. The second-order valence-electron chi connectivity index (χ2n) is 7.23. The number of hydrogen-bond donors (Lipinski definition) is 0. The van der Waals surface area contributed by atoms with Crippen molar-refractivity contribution in [3.8, 4) is 0 Å². The van der Waals surface area contributed by atoms with E-state index in [1.807, 2.05) is 43.3 Å². The Labute approximate surface area is 164 Å². The number of piperidine rings is 1. The monoisotopic (exact) mass is 394 g/mol. The Bertz CT molecular complexity index is 1110. The Morgan fingerprint density at radius 1 is 1.00 bits per heavy atom. The summed E-state index contributed by atoms with van der Waals surface area (Å²) < 4.78 is 25.8. The lowest BCUT2D eigenvalue weighted by atomic mass is 10.1. The van der Waals surface area contributed by atoms with Crippen molar-refractivity contribution in [3.05, 3.63) is 71.9 Å². The molecular weight excluding hydrogens is 372 g/mol. The minimum atomic E-state index is -3.38. The van der Waals surface area contributed by atoms with Crippen LogP contribution in [0.2, 0.25) is 0 Å². The van der Waals surface area contributed by atoms with Crippen molar-refractivity contribution >= 4 is 26.6 Å². The highest BCUT2D eigenvalue weighted by Crippen LogP contribution is 2.26. The highest BCUT2D eigenvalue weighted by Gasteiger charge is 2.33. The van der Waals surface area contributed by atoms with Gasteiger partial charge in [-0.3, -0.25) is 9.78 Å². The Morgan fingerprint density at radius 2 is 1.68 bits per heavy atom. The summed E-state index contributed by atoms with van der Waals surface area (Å²) in [5.74, 6) is -0.0875. The van der Waals surface area contributed by atoms with Gasteiger partial charge in [-0.2, -0.15) is 0 Å². The molecular formula is C22H22N2O3S. The first-order valence-electron chi connectivity index (χ1n) is 9.40. The highest BCUT2D eigenvalue weighted by molar-refractivity contribution is 7.92. The number of para-hydroxylation sites is 1. The molecule has 1 aliphatic heterocycles. The number of sulfone groups is 1. The molecule has 0 aliphatic carbocycles. The summed E-state index contributed by atoms with van der Waals surface area (Å²) in [6.07, 6.45) is 2.57. The van der Waals surface area contributed by atoms with Crippen molar-refractivity contribution in [1.29, 1.82) is 0 Å². The summed E-state index contributed by atoms with van der Waals surface area (Å²) in [4.78, 5) is 19.5. The van der Waals surface area contributed by atoms with Crippen LogP contribution in [-0.2, 0) is 9.84 Å². The van der Waals surface area contributed by atoms with Gasteiger partial charge >= 0.3 is 0 Å². The van der Waals surface area contributed by atoms with Gasteiger partial charge < -0.3 is 4.90 Å². The Hall–Kier alpha value is -2.73. The number of rotatable bonds is 3. The Balaban J connectivity index is 1.51. The fraction of sp³-hybridized carbons (Fsp3) is 0.273. The minimum Gasteiger partial charge on any atom is -0.338 e. The van der Waals surface area contributed by atoms with Crippen LogP contribution in [0.1, 0.15) is 28.8 Å². The van der Waals surface area contributed by atoms with E-state index in [9.17, 15) is 13.2 Å². The Morgan fingerprint density at radius 3 is 2.39 bits per heavy atom. The molecule has 1 saturated heterocycles. The molecule has 0 bridgehead atoms. The van der Waals surface area contributed by atoms with E-state index in [-0.39, 0.29) is 5.91 Å². The van der Waals surface area contributed by atoms with E-state index in [2.05, 4.69) is 4.98 Å². The van der Waals surface area contributed by atoms with E-state index >= 15 is 0 Å². The molecule has 1 aliphatic rings. The molecule has 2 aromatic carbocycles. The smallest absolute Gasteiger partial charge is 0.256 e. The highest BCUT2D eigenvalue weighted by atomic mass is 32.2. The van der Waals surface area contributed by atoms with Gasteiger partial charge in [-0.25, -0.2) is 8.42 Å². The van der Waals surface area contributed by atoms with E-state index in [4.69, 9.17) is 0 Å². The van der Waals surface area contributed by atoms with Crippen LogP contribution in [0.4, 0.5) is 0 Å². The second-order valence-corrected chi connectivity index (χ2v) is 9.46. The maximum atomic E-state index is 13.0. The first-order valence-corrected chi connectivity index (χ1v) is 10.9. The molecule has 0 N–H and O–H groups in total. The molecule has 1 aromatic heterocycles. The van der Waals surface area contributed by atoms with E-state index in [0.29, 0.717) is 41.9 Å². The first kappa shape index (κ1) is 18.6. The molecule has 0 atom stereocenters. The first-order chi connectivity index (χ1) is 13.5. The lowest BCUT2D eigenvalue weighted by molar-refractivity contribution is 0.0727. The van der Waals surface area contributed by atoms with E-state index in [1.165, 1.54) is 0 Å². The van der Waals surface area contributed by atoms with E-state index in [1.54, 1.807) is 29.3 Å². The van der Waals surface area contributed by atoms with Gasteiger partial charge in [0.1, 0.15) is 0 Å². The van der Waals surface area contributed by atoms with Gasteiger partial charge in [-0.05, 0) is 44.0 Å². The van der Waals surface area contributed by atoms with Crippen molar-refractivity contribution in [2.24, 2.45) is 0 Å². The number of nitrogens with zero attached hydrogens (tertiary/aromatic N) is 2. The van der Waals surface area contributed by atoms with Gasteiger partial charge in [0, 0.05) is 24.7 Å². The van der Waals surface area contributed by atoms with Gasteiger partial charge in [-0.1, -0.05) is 35.9 Å². The molecule has 0 radical (unpaired) electrons. The third-order valence-electron chi connectivity index (χ3n) is 5.38. The SMILES string of the molecule is Cc1ccc(S(=O)(=O)C2CCN(C(=O)c3cccc4cccnc34)CC2)cc1. The second kappa shape index (κ2) is 7.36. The standard InChI is InChI=1S/C22H22N2O3S/c1-16-7-9-18(10-8-16)28(26,27)19-11-14-24(15-12-19)22(25)20-6-2-4-17-5-3-13-23-21(17)20/h2-10,13,19H,11-12,14-15H2,1H3. The third-order valence-corrected chi connectivity index (χ3v) is 7.66. The molecule has 3 aromatic rings. The maximum absolute atomic E-state index is 13.0. The van der Waals surface area contributed by atoms with Gasteiger partial charge in [0.15, 0.2) is 9.84 Å². The molecule has 5 nitrogen and oxygen atoms in total. The van der Waals surface area contributed by atoms with Crippen LogP contribution in [0.3, 0.4) is 0 Å². The normalized spacial score (nSPS) is 15.7. The number of hydrogen-bond acceptors (Lipinski definition) is 4. The van der Waals surface area contributed by atoms with E-state index in [0.717, 1.165) is 10.9 Å². The van der Waals surface area contributed by atoms with Gasteiger partial charge in [-0.15, -0.1) is 0 Å². The van der Waals surface area contributed by atoms with Crippen LogP contribution >= 0.6 is 0 Å². The largest absolute Gasteiger partial charge is 0.338 e. The number of carbonyl (C=O) groups is 1. The number of likely N-dealkylation sites (tertiary alicyclic amines) is 1. The zero-order valence-electron chi connectivity index (χ0n) is 15.7. The molecule has 4 rings (SSSR count). The van der Waals surface area contributed by atoms with Gasteiger partial charge in [0.2, 0.25) is 0 Å². The van der Waals surface area contributed by atoms with Crippen LogP contribution in [-0.4, -0.2) is 42.5 Å². The number of carbonyl (C=O) groups excluding carboxylic acids is 1. The summed E-state index contributed by atoms with van der Waals surface area (Å²) in [7, 11) is -3.38. The van der Waals surface area contributed by atoms with Crippen LogP contribution in [0.25, 0.3) is 10.9 Å². The maximum Gasteiger partial charge on any atom is 0.256 e. The van der Waals surface area contributed by atoms with Gasteiger partial charge in [0.05, 0.1) is 21.2 Å². The predicted octanol–water partition coefficient (Wildman–Crippen LogP) is 3.62. The molecule has 0 unspecified atom stereocenters. The average molecular weight is 394 g/mol. The van der Waals surface area contributed by atoms with Gasteiger partial charge in [0.25, 0.3) is 5.91 Å². The topological polar surface area (TPSA) is 67.3 Å². The number of aromatic nitrogens is 1. The molecule has 1 fully saturated rings. The number of amides is 1. The quantitative estimate of drug-likeness (QED) is 0.680. The zero-order valence-corrected chi connectivity index (χ0v) is 16.5. The predicted molar refractivity (Wildman–Crippen MR) is 109 cm³/mol. The Kier molecular flexibility index (Phi) is 4.89. The van der Waals surface area contributed by atoms with Crippen LogP contribution in [0, 0.1) is 6.92 Å². The molecule has 6 heteroatoms. The number of pyridine rings is 1. The average Bonchev–Trinajstić information content (AvgIpc) is 2.73. The molecule has 0 spiro atoms. The van der Waals surface area contributed by atoms with Crippen LogP contribution in [0.5, 0.6) is 0 Å². The fourth-order valence-electron chi connectivity index (χ4n) is 3.74. The third kappa shape index (κ3) is 3.40. The number of fused-ring (bicyclic) bond motifs is 1. The van der Waals surface area contributed by atoms with E-state index < -0.39 is 15.1 Å². The van der Waals surface area contributed by atoms with Crippen molar-refractivity contribution < 1.29 is 13.2 Å². The molecule has 1 amide bonds. The minimum absolute atomic E-state index is 0.0875. The van der Waals surface area contributed by atoms with Crippen LogP contribution < -0.4 is 0 Å². The molecule has 28 heavy (non-hydrogen) atoms. The summed E-state index contributed by atoms with van der Waals surface area (Å²) in [6.45, 7) is 2.79. The van der Waals surface area contributed by atoms with Crippen LogP contribution in [0.15, 0.2) is 65.7 Å².